The molecule has 3 rings (SSSR count). The fourth-order valence-electron chi connectivity index (χ4n) is 3.91. The van der Waals surface area contributed by atoms with E-state index in [-0.39, 0.29) is 12.0 Å². The molecule has 1 amide bonds. The molecule has 1 aromatic carbocycles. The summed E-state index contributed by atoms with van der Waals surface area (Å²) >= 11 is 0. The molecule has 0 unspecified atom stereocenters. The van der Waals surface area contributed by atoms with E-state index in [0.29, 0.717) is 12.3 Å². The zero-order chi connectivity index (χ0) is 17.6. The number of hydrogen-bond acceptors (Lipinski definition) is 4. The lowest BCUT2D eigenvalue weighted by Gasteiger charge is -2.37. The third-order valence-electron chi connectivity index (χ3n) is 5.71. The van der Waals surface area contributed by atoms with Crippen molar-refractivity contribution in [3.63, 3.8) is 0 Å². The number of benzene rings is 1. The summed E-state index contributed by atoms with van der Waals surface area (Å²) < 4.78 is 0. The van der Waals surface area contributed by atoms with E-state index < -0.39 is 0 Å². The fourth-order valence-corrected chi connectivity index (χ4v) is 3.91. The van der Waals surface area contributed by atoms with Crippen LogP contribution in [0.25, 0.3) is 0 Å². The van der Waals surface area contributed by atoms with Crippen LogP contribution in [0.5, 0.6) is 0 Å². The predicted octanol–water partition coefficient (Wildman–Crippen LogP) is 1.82. The van der Waals surface area contributed by atoms with Crippen molar-refractivity contribution in [2.24, 2.45) is 5.92 Å². The number of hydrogen-bond donors (Lipinski definition) is 1. The lowest BCUT2D eigenvalue weighted by Crippen LogP contribution is -2.48. The zero-order valence-electron chi connectivity index (χ0n) is 15.3. The molecule has 1 N–H and O–H groups in total. The minimum absolute atomic E-state index is 0.252. The fraction of sp³-hybridized carbons (Fsp3) is 0.650. The number of amides is 1. The Morgan fingerprint density at radius 3 is 2.32 bits per heavy atom. The van der Waals surface area contributed by atoms with Crippen LogP contribution in [0.1, 0.15) is 26.2 Å². The van der Waals surface area contributed by atoms with Crippen LogP contribution in [0.4, 0.5) is 5.69 Å². The Hall–Kier alpha value is -1.59. The van der Waals surface area contributed by atoms with Gasteiger partial charge < -0.3 is 14.9 Å². The van der Waals surface area contributed by atoms with Gasteiger partial charge in [0, 0.05) is 57.9 Å². The molecule has 5 heteroatoms. The Bertz CT molecular complexity index is 533. The second kappa shape index (κ2) is 8.68. The first-order valence-corrected chi connectivity index (χ1v) is 9.61. The maximum Gasteiger partial charge on any atom is 0.223 e. The molecule has 25 heavy (non-hydrogen) atoms. The number of anilines is 1. The van der Waals surface area contributed by atoms with Gasteiger partial charge in [0.1, 0.15) is 0 Å². The molecular formula is C20H31N3O2. The SMILES string of the molecule is C[C@@H](O)C1CCN(C(=O)CCN2CCN(c3ccccc3)CC2)CC1. The highest BCUT2D eigenvalue weighted by atomic mass is 16.3. The van der Waals surface area contributed by atoms with Crippen molar-refractivity contribution in [3.05, 3.63) is 30.3 Å². The summed E-state index contributed by atoms with van der Waals surface area (Å²) in [6.45, 7) is 8.41. The number of para-hydroxylation sites is 1. The number of carbonyl (C=O) groups is 1. The first kappa shape index (κ1) is 18.2. The third-order valence-corrected chi connectivity index (χ3v) is 5.71. The van der Waals surface area contributed by atoms with Crippen molar-refractivity contribution in [2.45, 2.75) is 32.3 Å². The van der Waals surface area contributed by atoms with E-state index in [2.05, 4.69) is 40.1 Å². The van der Waals surface area contributed by atoms with Crippen molar-refractivity contribution in [1.29, 1.82) is 0 Å². The van der Waals surface area contributed by atoms with Gasteiger partial charge in [0.2, 0.25) is 5.91 Å². The number of aliphatic hydroxyl groups is 1. The van der Waals surface area contributed by atoms with Crippen LogP contribution in [0.3, 0.4) is 0 Å². The first-order valence-electron chi connectivity index (χ1n) is 9.61. The van der Waals surface area contributed by atoms with E-state index in [9.17, 15) is 9.90 Å². The lowest BCUT2D eigenvalue weighted by molar-refractivity contribution is -0.133. The van der Waals surface area contributed by atoms with Gasteiger partial charge in [0.15, 0.2) is 0 Å². The lowest BCUT2D eigenvalue weighted by atomic mass is 9.92. The average Bonchev–Trinajstić information content (AvgIpc) is 2.67. The van der Waals surface area contributed by atoms with E-state index >= 15 is 0 Å². The molecule has 0 radical (unpaired) electrons. The van der Waals surface area contributed by atoms with Gasteiger partial charge in [-0.15, -0.1) is 0 Å². The smallest absolute Gasteiger partial charge is 0.223 e. The molecule has 0 spiro atoms. The topological polar surface area (TPSA) is 47.0 Å². The summed E-state index contributed by atoms with van der Waals surface area (Å²) in [5.74, 6) is 0.629. The summed E-state index contributed by atoms with van der Waals surface area (Å²) in [5.41, 5.74) is 1.29. The van der Waals surface area contributed by atoms with Crippen molar-refractivity contribution in [2.75, 3.05) is 50.7 Å². The minimum Gasteiger partial charge on any atom is -0.393 e. The van der Waals surface area contributed by atoms with Crippen molar-refractivity contribution in [3.8, 4) is 0 Å². The molecule has 2 aliphatic rings. The number of carbonyl (C=O) groups excluding carboxylic acids is 1. The van der Waals surface area contributed by atoms with E-state index in [1.807, 2.05) is 11.8 Å². The standard InChI is InChI=1S/C20H31N3O2/c1-17(24)18-7-11-23(12-8-18)20(25)9-10-21-13-15-22(16-14-21)19-5-3-2-4-6-19/h2-6,17-18,24H,7-16H2,1H3/t17-/m1/s1. The molecule has 2 fully saturated rings. The molecule has 0 aliphatic carbocycles. The third kappa shape index (κ3) is 4.95. The van der Waals surface area contributed by atoms with Crippen LogP contribution in [-0.4, -0.2) is 72.7 Å². The molecular weight excluding hydrogens is 314 g/mol. The number of nitrogens with zero attached hydrogens (tertiary/aromatic N) is 3. The second-order valence-corrected chi connectivity index (χ2v) is 7.37. The number of aliphatic hydroxyl groups excluding tert-OH is 1. The largest absolute Gasteiger partial charge is 0.393 e. The Morgan fingerprint density at radius 1 is 1.08 bits per heavy atom. The summed E-state index contributed by atoms with van der Waals surface area (Å²) in [6.07, 6.45) is 2.22. The van der Waals surface area contributed by atoms with Gasteiger partial charge in [-0.2, -0.15) is 0 Å². The highest BCUT2D eigenvalue weighted by molar-refractivity contribution is 5.76. The zero-order valence-corrected chi connectivity index (χ0v) is 15.3. The van der Waals surface area contributed by atoms with Crippen LogP contribution in [-0.2, 0) is 4.79 Å². The van der Waals surface area contributed by atoms with Gasteiger partial charge in [-0.25, -0.2) is 0 Å². The van der Waals surface area contributed by atoms with E-state index in [4.69, 9.17) is 0 Å². The molecule has 2 heterocycles. The molecule has 2 aliphatic heterocycles. The highest BCUT2D eigenvalue weighted by Crippen LogP contribution is 2.21. The molecule has 1 atom stereocenters. The van der Waals surface area contributed by atoms with Crippen molar-refractivity contribution >= 4 is 11.6 Å². The van der Waals surface area contributed by atoms with Crippen molar-refractivity contribution in [1.82, 2.24) is 9.80 Å². The van der Waals surface area contributed by atoms with E-state index in [1.54, 1.807) is 0 Å². The molecule has 138 valence electrons. The number of piperidine rings is 1. The maximum atomic E-state index is 12.4. The van der Waals surface area contributed by atoms with Gasteiger partial charge >= 0.3 is 0 Å². The van der Waals surface area contributed by atoms with Gasteiger partial charge in [-0.3, -0.25) is 9.69 Å². The summed E-state index contributed by atoms with van der Waals surface area (Å²) in [4.78, 5) is 19.2. The van der Waals surface area contributed by atoms with Gasteiger partial charge in [-0.1, -0.05) is 18.2 Å². The first-order chi connectivity index (χ1) is 12.1. The quantitative estimate of drug-likeness (QED) is 0.884. The highest BCUT2D eigenvalue weighted by Gasteiger charge is 2.26. The Morgan fingerprint density at radius 2 is 1.72 bits per heavy atom. The van der Waals surface area contributed by atoms with Crippen LogP contribution < -0.4 is 4.90 Å². The number of rotatable bonds is 5. The normalized spacial score (nSPS) is 21.4. The predicted molar refractivity (Wildman–Crippen MR) is 101 cm³/mol. The van der Waals surface area contributed by atoms with Gasteiger partial charge in [0.05, 0.1) is 6.10 Å². The van der Waals surface area contributed by atoms with E-state index in [0.717, 1.165) is 58.7 Å². The number of likely N-dealkylation sites (tertiary alicyclic amines) is 1. The van der Waals surface area contributed by atoms with Crippen LogP contribution in [0.2, 0.25) is 0 Å². The van der Waals surface area contributed by atoms with Gasteiger partial charge in [-0.05, 0) is 37.8 Å². The van der Waals surface area contributed by atoms with Crippen LogP contribution >= 0.6 is 0 Å². The summed E-state index contributed by atoms with van der Waals surface area (Å²) in [5, 5.41) is 9.67. The second-order valence-electron chi connectivity index (χ2n) is 7.37. The Kier molecular flexibility index (Phi) is 6.32. The monoisotopic (exact) mass is 345 g/mol. The Balaban J connectivity index is 1.36. The van der Waals surface area contributed by atoms with Crippen LogP contribution in [0, 0.1) is 5.92 Å². The minimum atomic E-state index is -0.252. The van der Waals surface area contributed by atoms with Gasteiger partial charge in [0.25, 0.3) is 0 Å². The summed E-state index contributed by atoms with van der Waals surface area (Å²) in [6, 6.07) is 10.5. The van der Waals surface area contributed by atoms with Crippen molar-refractivity contribution < 1.29 is 9.90 Å². The molecule has 2 saturated heterocycles. The molecule has 0 aromatic heterocycles. The average molecular weight is 345 g/mol. The molecule has 1 aromatic rings. The maximum absolute atomic E-state index is 12.4. The molecule has 0 bridgehead atoms. The molecule has 5 nitrogen and oxygen atoms in total. The summed E-state index contributed by atoms with van der Waals surface area (Å²) in [7, 11) is 0. The number of piperazine rings is 1. The van der Waals surface area contributed by atoms with E-state index in [1.165, 1.54) is 5.69 Å². The molecule has 0 saturated carbocycles. The van der Waals surface area contributed by atoms with Crippen LogP contribution in [0.15, 0.2) is 30.3 Å². The Labute approximate surface area is 151 Å².